The van der Waals surface area contributed by atoms with E-state index < -0.39 is 25.5 Å². The largest absolute Gasteiger partial charge is 0.426 e. The minimum absolute atomic E-state index is 0.426. The number of aliphatic hydroxyl groups excluding tert-OH is 1. The number of ether oxygens (including phenoxy) is 2. The van der Waals surface area contributed by atoms with Gasteiger partial charge in [0, 0.05) is 13.6 Å². The van der Waals surface area contributed by atoms with E-state index in [1.54, 1.807) is 7.05 Å². The van der Waals surface area contributed by atoms with Crippen molar-refractivity contribution in [3.63, 3.8) is 0 Å². The first-order chi connectivity index (χ1) is 7.47. The molecule has 0 aliphatic rings. The van der Waals surface area contributed by atoms with Gasteiger partial charge in [-0.05, 0) is 13.8 Å². The van der Waals surface area contributed by atoms with Crippen molar-refractivity contribution < 1.29 is 24.2 Å². The fraction of sp³-hybridized carbons (Fsp3) is 0.600. The van der Waals surface area contributed by atoms with E-state index >= 15 is 0 Å². The summed E-state index contributed by atoms with van der Waals surface area (Å²) in [6.07, 6.45) is 1.27. The second-order valence-corrected chi connectivity index (χ2v) is 3.36. The number of hydrogen-bond donors (Lipinski definition) is 1. The number of esters is 1. The van der Waals surface area contributed by atoms with E-state index in [0.717, 1.165) is 5.57 Å². The fourth-order valence-electron chi connectivity index (χ4n) is 0.695. The maximum atomic E-state index is 11.2. The van der Waals surface area contributed by atoms with Crippen molar-refractivity contribution in [2.75, 3.05) is 27.0 Å². The van der Waals surface area contributed by atoms with Gasteiger partial charge in [0.1, 0.15) is 6.61 Å². The van der Waals surface area contributed by atoms with Gasteiger partial charge in [-0.25, -0.2) is 9.59 Å². The molecule has 0 radical (unpaired) electrons. The lowest BCUT2D eigenvalue weighted by molar-refractivity contribution is -0.155. The Kier molecular flexibility index (Phi) is 6.95. The molecule has 0 aromatic carbocycles. The van der Waals surface area contributed by atoms with Crippen LogP contribution in [0.1, 0.15) is 13.8 Å². The molecule has 6 nitrogen and oxygen atoms in total. The van der Waals surface area contributed by atoms with Gasteiger partial charge in [-0.3, -0.25) is 0 Å². The van der Waals surface area contributed by atoms with Crippen molar-refractivity contribution in [1.82, 2.24) is 4.90 Å². The van der Waals surface area contributed by atoms with E-state index in [1.807, 2.05) is 19.9 Å². The van der Waals surface area contributed by atoms with E-state index in [9.17, 15) is 9.59 Å². The SMILES string of the molecule is CC(C)=CCN(C)C(=O)OCOC(=O)CO. The van der Waals surface area contributed by atoms with Gasteiger partial charge < -0.3 is 19.5 Å². The zero-order valence-electron chi connectivity index (χ0n) is 9.73. The molecule has 1 N–H and O–H groups in total. The highest BCUT2D eigenvalue weighted by molar-refractivity contribution is 5.71. The minimum Gasteiger partial charge on any atom is -0.426 e. The lowest BCUT2D eigenvalue weighted by atomic mass is 10.3. The molecule has 16 heavy (non-hydrogen) atoms. The van der Waals surface area contributed by atoms with Gasteiger partial charge in [0.05, 0.1) is 0 Å². The van der Waals surface area contributed by atoms with Crippen LogP contribution in [0, 0.1) is 0 Å². The van der Waals surface area contributed by atoms with Crippen LogP contribution in [0.3, 0.4) is 0 Å². The maximum Gasteiger partial charge on any atom is 0.412 e. The average molecular weight is 231 g/mol. The first kappa shape index (κ1) is 14.4. The molecule has 0 bridgehead atoms. The zero-order chi connectivity index (χ0) is 12.6. The Morgan fingerprint density at radius 1 is 1.31 bits per heavy atom. The molecule has 1 amide bonds. The molecule has 0 rings (SSSR count). The smallest absolute Gasteiger partial charge is 0.412 e. The Morgan fingerprint density at radius 2 is 1.94 bits per heavy atom. The number of hydrogen-bond acceptors (Lipinski definition) is 5. The lowest BCUT2D eigenvalue weighted by Gasteiger charge is -2.14. The summed E-state index contributed by atoms with van der Waals surface area (Å²) in [5.74, 6) is -0.834. The van der Waals surface area contributed by atoms with Crippen LogP contribution in [0.25, 0.3) is 0 Å². The molecule has 0 aliphatic heterocycles. The van der Waals surface area contributed by atoms with Gasteiger partial charge in [0.15, 0.2) is 0 Å². The fourth-order valence-corrected chi connectivity index (χ4v) is 0.695. The van der Waals surface area contributed by atoms with Gasteiger partial charge in [-0.15, -0.1) is 0 Å². The number of rotatable bonds is 5. The minimum atomic E-state index is -0.834. The van der Waals surface area contributed by atoms with Crippen molar-refractivity contribution in [3.05, 3.63) is 11.6 Å². The van der Waals surface area contributed by atoms with Crippen LogP contribution < -0.4 is 0 Å². The first-order valence-corrected chi connectivity index (χ1v) is 4.75. The molecular weight excluding hydrogens is 214 g/mol. The molecule has 0 unspecified atom stereocenters. The molecule has 6 heteroatoms. The van der Waals surface area contributed by atoms with Crippen LogP contribution in [0.15, 0.2) is 11.6 Å². The quantitative estimate of drug-likeness (QED) is 0.424. The summed E-state index contributed by atoms with van der Waals surface area (Å²) in [5, 5.41) is 8.32. The van der Waals surface area contributed by atoms with Crippen molar-refractivity contribution in [2.45, 2.75) is 13.8 Å². The van der Waals surface area contributed by atoms with E-state index in [-0.39, 0.29) is 0 Å². The van der Waals surface area contributed by atoms with E-state index in [4.69, 9.17) is 5.11 Å². The number of likely N-dealkylation sites (N-methyl/N-ethyl adjacent to an activating group) is 1. The van der Waals surface area contributed by atoms with Gasteiger partial charge in [0.2, 0.25) is 6.79 Å². The van der Waals surface area contributed by atoms with Gasteiger partial charge >= 0.3 is 12.1 Å². The number of allylic oxidation sites excluding steroid dienone is 1. The molecular formula is C10H17NO5. The third-order valence-electron chi connectivity index (χ3n) is 1.62. The second-order valence-electron chi connectivity index (χ2n) is 3.36. The van der Waals surface area contributed by atoms with Crippen LogP contribution in [0.4, 0.5) is 4.79 Å². The van der Waals surface area contributed by atoms with Gasteiger partial charge in [-0.1, -0.05) is 11.6 Å². The van der Waals surface area contributed by atoms with Crippen LogP contribution in [-0.4, -0.2) is 49.1 Å². The highest BCUT2D eigenvalue weighted by atomic mass is 16.7. The number of amides is 1. The monoisotopic (exact) mass is 231 g/mol. The molecule has 0 saturated heterocycles. The Hall–Kier alpha value is -1.56. The molecule has 0 aromatic heterocycles. The molecule has 0 aliphatic carbocycles. The average Bonchev–Trinajstić information content (AvgIpc) is 2.25. The van der Waals surface area contributed by atoms with Crippen LogP contribution >= 0.6 is 0 Å². The Labute approximate surface area is 94.4 Å². The lowest BCUT2D eigenvalue weighted by Crippen LogP contribution is -2.29. The summed E-state index contributed by atoms with van der Waals surface area (Å²) >= 11 is 0. The van der Waals surface area contributed by atoms with Crippen LogP contribution in [0.5, 0.6) is 0 Å². The molecule has 92 valence electrons. The van der Waals surface area contributed by atoms with Crippen molar-refractivity contribution in [1.29, 1.82) is 0 Å². The van der Waals surface area contributed by atoms with Gasteiger partial charge in [0.25, 0.3) is 0 Å². The number of carbonyl (C=O) groups excluding carboxylic acids is 2. The summed E-state index contributed by atoms with van der Waals surface area (Å²) in [5.41, 5.74) is 1.09. The summed E-state index contributed by atoms with van der Waals surface area (Å²) in [6.45, 7) is 3.04. The Balaban J connectivity index is 3.80. The predicted octanol–water partition coefficient (Wildman–Crippen LogP) is 0.514. The number of nitrogens with zero attached hydrogens (tertiary/aromatic N) is 1. The molecule has 0 heterocycles. The highest BCUT2D eigenvalue weighted by Gasteiger charge is 2.09. The molecule has 0 fully saturated rings. The highest BCUT2D eigenvalue weighted by Crippen LogP contribution is 1.94. The van der Waals surface area contributed by atoms with E-state index in [2.05, 4.69) is 9.47 Å². The summed E-state index contributed by atoms with van der Waals surface area (Å²) < 4.78 is 8.98. The molecule has 0 spiro atoms. The molecule has 0 saturated carbocycles. The third kappa shape index (κ3) is 6.83. The van der Waals surface area contributed by atoms with E-state index in [0.29, 0.717) is 6.54 Å². The third-order valence-corrected chi connectivity index (χ3v) is 1.62. The van der Waals surface area contributed by atoms with E-state index in [1.165, 1.54) is 4.90 Å². The maximum absolute atomic E-state index is 11.2. The predicted molar refractivity (Wildman–Crippen MR) is 56.6 cm³/mol. The zero-order valence-corrected chi connectivity index (χ0v) is 9.73. The van der Waals surface area contributed by atoms with Crippen molar-refractivity contribution in [3.8, 4) is 0 Å². The summed E-state index contributed by atoms with van der Waals surface area (Å²) in [4.78, 5) is 23.1. The van der Waals surface area contributed by atoms with Crippen molar-refractivity contribution in [2.24, 2.45) is 0 Å². The molecule has 0 aromatic rings. The first-order valence-electron chi connectivity index (χ1n) is 4.75. The summed E-state index contributed by atoms with van der Waals surface area (Å²) in [7, 11) is 1.57. The van der Waals surface area contributed by atoms with Crippen molar-refractivity contribution >= 4 is 12.1 Å². The normalized spacial score (nSPS) is 9.25. The van der Waals surface area contributed by atoms with Gasteiger partial charge in [-0.2, -0.15) is 0 Å². The number of aliphatic hydroxyl groups is 1. The summed E-state index contributed by atoms with van der Waals surface area (Å²) in [6, 6.07) is 0. The Morgan fingerprint density at radius 3 is 2.44 bits per heavy atom. The topological polar surface area (TPSA) is 76.1 Å². The van der Waals surface area contributed by atoms with Crippen LogP contribution in [0.2, 0.25) is 0 Å². The molecule has 0 atom stereocenters. The van der Waals surface area contributed by atoms with Crippen LogP contribution in [-0.2, 0) is 14.3 Å². The number of carbonyl (C=O) groups is 2. The second kappa shape index (κ2) is 7.70. The standard InChI is InChI=1S/C10H17NO5/c1-8(2)4-5-11(3)10(14)16-7-15-9(13)6-12/h4,12H,5-7H2,1-3H3. The Bertz CT molecular complexity index is 270.